The summed E-state index contributed by atoms with van der Waals surface area (Å²) in [6.07, 6.45) is -1.37. The van der Waals surface area contributed by atoms with Crippen LogP contribution in [-0.2, 0) is 14.4 Å². The fourth-order valence-corrected chi connectivity index (χ4v) is 1.56. The second-order valence-electron chi connectivity index (χ2n) is 4.64. The van der Waals surface area contributed by atoms with E-state index in [-0.39, 0.29) is 0 Å². The van der Waals surface area contributed by atoms with Gasteiger partial charge in [-0.1, -0.05) is 17.7 Å². The van der Waals surface area contributed by atoms with Gasteiger partial charge in [-0.25, -0.2) is 4.79 Å². The summed E-state index contributed by atoms with van der Waals surface area (Å²) in [6.45, 7) is 3.40. The Morgan fingerprint density at radius 3 is 2.33 bits per heavy atom. The van der Waals surface area contributed by atoms with Crippen molar-refractivity contribution in [3.8, 4) is 5.75 Å². The molecule has 0 fully saturated rings. The number of amides is 2. The molecule has 0 aliphatic carbocycles. The minimum absolute atomic E-state index is 0.474. The van der Waals surface area contributed by atoms with Gasteiger partial charge in [-0.15, -0.1) is 0 Å². The number of benzene rings is 1. The molecule has 0 bridgehead atoms. The number of nitrogens with two attached hydrogens (primary N) is 1. The average Bonchev–Trinajstić information content (AvgIpc) is 2.39. The molecule has 2 amide bonds. The smallest absolute Gasteiger partial charge is 0.326 e. The van der Waals surface area contributed by atoms with E-state index < -0.39 is 36.4 Å². The topological polar surface area (TPSA) is 119 Å². The Labute approximate surface area is 122 Å². The number of ether oxygens (including phenoxy) is 1. The number of aliphatic carboxylic acids is 1. The summed E-state index contributed by atoms with van der Waals surface area (Å²) in [4.78, 5) is 33.5. The third-order valence-corrected chi connectivity index (χ3v) is 2.72. The molecule has 0 radical (unpaired) electrons. The Bertz CT molecular complexity index is 527. The van der Waals surface area contributed by atoms with Crippen LogP contribution in [0.5, 0.6) is 5.75 Å². The Kier molecular flexibility index (Phi) is 5.71. The summed E-state index contributed by atoms with van der Waals surface area (Å²) in [5, 5.41) is 11.1. The molecule has 7 nitrogen and oxygen atoms in total. The van der Waals surface area contributed by atoms with Gasteiger partial charge in [0.15, 0.2) is 6.10 Å². The molecule has 0 aliphatic rings. The summed E-state index contributed by atoms with van der Waals surface area (Å²) in [5.41, 5.74) is 5.98. The van der Waals surface area contributed by atoms with E-state index in [1.165, 1.54) is 6.92 Å². The monoisotopic (exact) mass is 294 g/mol. The molecule has 1 aromatic rings. The highest BCUT2D eigenvalue weighted by Crippen LogP contribution is 2.13. The Hall–Kier alpha value is -2.57. The summed E-state index contributed by atoms with van der Waals surface area (Å²) in [6, 6.07) is 5.70. The number of primary amides is 1. The second kappa shape index (κ2) is 7.28. The van der Waals surface area contributed by atoms with E-state index in [1.807, 2.05) is 19.1 Å². The number of carbonyl (C=O) groups is 3. The maximum Gasteiger partial charge on any atom is 0.326 e. The number of aryl methyl sites for hydroxylation is 1. The zero-order chi connectivity index (χ0) is 16.0. The van der Waals surface area contributed by atoms with Crippen LogP contribution in [0.2, 0.25) is 0 Å². The van der Waals surface area contributed by atoms with Crippen molar-refractivity contribution in [2.45, 2.75) is 32.4 Å². The lowest BCUT2D eigenvalue weighted by atomic mass is 10.2. The van der Waals surface area contributed by atoms with Gasteiger partial charge >= 0.3 is 5.97 Å². The second-order valence-corrected chi connectivity index (χ2v) is 4.64. The van der Waals surface area contributed by atoms with Crippen molar-refractivity contribution < 1.29 is 24.2 Å². The van der Waals surface area contributed by atoms with Crippen molar-refractivity contribution in [3.05, 3.63) is 29.8 Å². The highest BCUT2D eigenvalue weighted by atomic mass is 16.5. The number of hydrogen-bond donors (Lipinski definition) is 3. The molecule has 0 saturated carbocycles. The van der Waals surface area contributed by atoms with Crippen molar-refractivity contribution >= 4 is 17.8 Å². The van der Waals surface area contributed by atoms with E-state index in [4.69, 9.17) is 15.6 Å². The van der Waals surface area contributed by atoms with Crippen molar-refractivity contribution in [2.24, 2.45) is 5.73 Å². The van der Waals surface area contributed by atoms with E-state index >= 15 is 0 Å². The van der Waals surface area contributed by atoms with Crippen molar-refractivity contribution in [3.63, 3.8) is 0 Å². The number of carboxylic acids is 1. The lowest BCUT2D eigenvalue weighted by Crippen LogP contribution is -2.47. The summed E-state index contributed by atoms with van der Waals surface area (Å²) in [7, 11) is 0. The molecule has 0 aromatic heterocycles. The minimum atomic E-state index is -1.36. The van der Waals surface area contributed by atoms with Crippen LogP contribution in [-0.4, -0.2) is 35.0 Å². The molecule has 7 heteroatoms. The third-order valence-electron chi connectivity index (χ3n) is 2.72. The molecule has 1 rings (SSSR count). The molecule has 1 aromatic carbocycles. The quantitative estimate of drug-likeness (QED) is 0.664. The normalized spacial score (nSPS) is 13.0. The molecule has 0 saturated heterocycles. The van der Waals surface area contributed by atoms with E-state index in [1.54, 1.807) is 12.1 Å². The van der Waals surface area contributed by atoms with Gasteiger partial charge in [-0.05, 0) is 26.0 Å². The third kappa shape index (κ3) is 5.52. The van der Waals surface area contributed by atoms with Crippen molar-refractivity contribution in [1.29, 1.82) is 0 Å². The van der Waals surface area contributed by atoms with Crippen LogP contribution in [0.3, 0.4) is 0 Å². The van der Waals surface area contributed by atoms with Gasteiger partial charge < -0.3 is 20.9 Å². The standard InChI is InChI=1S/C14H18N2O5/c1-8-3-5-10(6-4-8)21-9(2)13(18)16-11(14(19)20)7-12(15)17/h3-6,9,11H,7H2,1-2H3,(H2,15,17)(H,16,18)(H,19,20)/t9?,11-/m1/s1. The summed E-state index contributed by atoms with van der Waals surface area (Å²) < 4.78 is 5.40. The van der Waals surface area contributed by atoms with Gasteiger partial charge in [-0.2, -0.15) is 0 Å². The number of carbonyl (C=O) groups excluding carboxylic acids is 2. The van der Waals surface area contributed by atoms with Crippen molar-refractivity contribution in [2.75, 3.05) is 0 Å². The first kappa shape index (κ1) is 16.5. The molecular weight excluding hydrogens is 276 g/mol. The predicted molar refractivity (Wildman–Crippen MR) is 74.6 cm³/mol. The van der Waals surface area contributed by atoms with Crippen LogP contribution >= 0.6 is 0 Å². The number of carboxylic acid groups (broad SMARTS) is 1. The minimum Gasteiger partial charge on any atom is -0.481 e. The molecule has 0 heterocycles. The van der Waals surface area contributed by atoms with E-state index in [9.17, 15) is 14.4 Å². The highest BCUT2D eigenvalue weighted by Gasteiger charge is 2.25. The van der Waals surface area contributed by atoms with Crippen LogP contribution in [0.15, 0.2) is 24.3 Å². The van der Waals surface area contributed by atoms with Crippen LogP contribution < -0.4 is 15.8 Å². The molecule has 2 atom stereocenters. The van der Waals surface area contributed by atoms with Gasteiger partial charge in [0.05, 0.1) is 6.42 Å². The molecule has 0 aliphatic heterocycles. The molecule has 114 valence electrons. The Balaban J connectivity index is 2.62. The van der Waals surface area contributed by atoms with Gasteiger partial charge in [0.1, 0.15) is 11.8 Å². The molecule has 4 N–H and O–H groups in total. The van der Waals surface area contributed by atoms with Gasteiger partial charge in [0.25, 0.3) is 5.91 Å². The number of hydrogen-bond acceptors (Lipinski definition) is 4. The van der Waals surface area contributed by atoms with Crippen LogP contribution in [0, 0.1) is 6.92 Å². The summed E-state index contributed by atoms with van der Waals surface area (Å²) in [5.74, 6) is -2.28. The lowest BCUT2D eigenvalue weighted by Gasteiger charge is -2.18. The maximum absolute atomic E-state index is 11.9. The fraction of sp³-hybridized carbons (Fsp3) is 0.357. The molecular formula is C14H18N2O5. The van der Waals surface area contributed by atoms with Crippen LogP contribution in [0.25, 0.3) is 0 Å². The first-order valence-corrected chi connectivity index (χ1v) is 6.34. The maximum atomic E-state index is 11.9. The SMILES string of the molecule is Cc1ccc(OC(C)C(=O)N[C@H](CC(N)=O)C(=O)O)cc1. The van der Waals surface area contributed by atoms with E-state index in [0.717, 1.165) is 5.56 Å². The number of nitrogens with one attached hydrogen (secondary N) is 1. The predicted octanol–water partition coefficient (Wildman–Crippen LogP) is 0.207. The summed E-state index contributed by atoms with van der Waals surface area (Å²) >= 11 is 0. The van der Waals surface area contributed by atoms with Gasteiger partial charge in [0.2, 0.25) is 5.91 Å². The molecule has 0 spiro atoms. The lowest BCUT2D eigenvalue weighted by molar-refractivity contribution is -0.144. The molecule has 1 unspecified atom stereocenters. The number of rotatable bonds is 7. The zero-order valence-corrected chi connectivity index (χ0v) is 11.8. The average molecular weight is 294 g/mol. The first-order chi connectivity index (χ1) is 9.79. The van der Waals surface area contributed by atoms with E-state index in [0.29, 0.717) is 5.75 Å². The van der Waals surface area contributed by atoms with E-state index in [2.05, 4.69) is 5.32 Å². The highest BCUT2D eigenvalue weighted by molar-refractivity contribution is 5.89. The molecule has 21 heavy (non-hydrogen) atoms. The zero-order valence-electron chi connectivity index (χ0n) is 11.8. The Morgan fingerprint density at radius 1 is 1.29 bits per heavy atom. The van der Waals surface area contributed by atoms with Gasteiger partial charge in [0, 0.05) is 0 Å². The fourth-order valence-electron chi connectivity index (χ4n) is 1.56. The Morgan fingerprint density at radius 2 is 1.86 bits per heavy atom. The van der Waals surface area contributed by atoms with Gasteiger partial charge in [-0.3, -0.25) is 9.59 Å². The van der Waals surface area contributed by atoms with Crippen molar-refractivity contribution in [1.82, 2.24) is 5.32 Å². The first-order valence-electron chi connectivity index (χ1n) is 6.34. The van der Waals surface area contributed by atoms with Crippen LogP contribution in [0.1, 0.15) is 18.9 Å². The van der Waals surface area contributed by atoms with Crippen LogP contribution in [0.4, 0.5) is 0 Å². The largest absolute Gasteiger partial charge is 0.481 e.